The van der Waals surface area contributed by atoms with E-state index in [0.717, 1.165) is 31.4 Å². The summed E-state index contributed by atoms with van der Waals surface area (Å²) in [6.45, 7) is 2.98. The summed E-state index contributed by atoms with van der Waals surface area (Å²) in [5.74, 6) is 0.765. The van der Waals surface area contributed by atoms with Crippen LogP contribution in [0.25, 0.3) is 0 Å². The highest BCUT2D eigenvalue weighted by molar-refractivity contribution is 7.89. The van der Waals surface area contributed by atoms with Crippen molar-refractivity contribution >= 4 is 15.7 Å². The van der Waals surface area contributed by atoms with Crippen LogP contribution in [0, 0.1) is 17.7 Å². The van der Waals surface area contributed by atoms with Crippen molar-refractivity contribution < 1.29 is 12.8 Å². The topological polar surface area (TPSA) is 72.2 Å². The van der Waals surface area contributed by atoms with Crippen LogP contribution in [0.2, 0.25) is 0 Å². The Morgan fingerprint density at radius 3 is 2.50 bits per heavy atom. The molecule has 1 aliphatic carbocycles. The zero-order chi connectivity index (χ0) is 14.8. The highest BCUT2D eigenvalue weighted by Crippen LogP contribution is 2.28. The fourth-order valence-corrected chi connectivity index (χ4v) is 3.13. The molecule has 112 valence electrons. The monoisotopic (exact) mass is 300 g/mol. The summed E-state index contributed by atoms with van der Waals surface area (Å²) in [4.78, 5) is -0.202. The SMILES string of the molecule is CC1CCC(CNc2ccc(S(N)(=O)=O)cc2F)CC1. The van der Waals surface area contributed by atoms with Crippen molar-refractivity contribution in [3.05, 3.63) is 24.0 Å². The van der Waals surface area contributed by atoms with Gasteiger partial charge in [-0.2, -0.15) is 0 Å². The molecule has 2 rings (SSSR count). The number of rotatable bonds is 4. The van der Waals surface area contributed by atoms with E-state index in [1.165, 1.54) is 25.0 Å². The summed E-state index contributed by atoms with van der Waals surface area (Å²) in [5.41, 5.74) is 0.330. The van der Waals surface area contributed by atoms with Gasteiger partial charge in [0, 0.05) is 6.54 Å². The molecule has 0 radical (unpaired) electrons. The number of sulfonamides is 1. The lowest BCUT2D eigenvalue weighted by atomic mass is 9.83. The predicted molar refractivity (Wildman–Crippen MR) is 77.4 cm³/mol. The Bertz CT molecular complexity index is 567. The number of hydrogen-bond donors (Lipinski definition) is 2. The Labute approximate surface area is 119 Å². The number of benzene rings is 1. The summed E-state index contributed by atoms with van der Waals surface area (Å²) < 4.78 is 36.1. The maximum Gasteiger partial charge on any atom is 0.238 e. The normalized spacial score (nSPS) is 23.6. The Morgan fingerprint density at radius 1 is 1.30 bits per heavy atom. The third-order valence-electron chi connectivity index (χ3n) is 3.99. The summed E-state index contributed by atoms with van der Waals surface area (Å²) >= 11 is 0. The van der Waals surface area contributed by atoms with Crippen molar-refractivity contribution in [3.8, 4) is 0 Å². The van der Waals surface area contributed by atoms with E-state index in [1.807, 2.05) is 0 Å². The van der Waals surface area contributed by atoms with Crippen molar-refractivity contribution in [3.63, 3.8) is 0 Å². The van der Waals surface area contributed by atoms with Gasteiger partial charge in [0.25, 0.3) is 0 Å². The molecule has 0 spiro atoms. The molecule has 20 heavy (non-hydrogen) atoms. The van der Waals surface area contributed by atoms with Crippen molar-refractivity contribution in [1.82, 2.24) is 0 Å². The smallest absolute Gasteiger partial charge is 0.238 e. The lowest BCUT2D eigenvalue weighted by molar-refractivity contribution is 0.300. The van der Waals surface area contributed by atoms with Gasteiger partial charge in [-0.15, -0.1) is 0 Å². The van der Waals surface area contributed by atoms with Crippen LogP contribution in [0.15, 0.2) is 23.1 Å². The fourth-order valence-electron chi connectivity index (χ4n) is 2.60. The molecule has 0 heterocycles. The first-order valence-electron chi connectivity index (χ1n) is 6.92. The minimum absolute atomic E-state index is 0.202. The highest BCUT2D eigenvalue weighted by atomic mass is 32.2. The molecule has 6 heteroatoms. The second kappa shape index (κ2) is 6.10. The largest absolute Gasteiger partial charge is 0.382 e. The quantitative estimate of drug-likeness (QED) is 0.898. The van der Waals surface area contributed by atoms with Crippen LogP contribution in [0.5, 0.6) is 0 Å². The van der Waals surface area contributed by atoms with Crippen LogP contribution in [-0.4, -0.2) is 15.0 Å². The third kappa shape index (κ3) is 3.93. The minimum atomic E-state index is -3.85. The van der Waals surface area contributed by atoms with Crippen LogP contribution in [0.3, 0.4) is 0 Å². The number of nitrogens with one attached hydrogen (secondary N) is 1. The van der Waals surface area contributed by atoms with Gasteiger partial charge in [-0.1, -0.05) is 19.8 Å². The van der Waals surface area contributed by atoms with E-state index in [2.05, 4.69) is 12.2 Å². The van der Waals surface area contributed by atoms with Crippen LogP contribution < -0.4 is 10.5 Å². The van der Waals surface area contributed by atoms with Gasteiger partial charge in [-0.25, -0.2) is 17.9 Å². The summed E-state index contributed by atoms with van der Waals surface area (Å²) in [6, 6.07) is 3.71. The molecule has 1 aliphatic rings. The van der Waals surface area contributed by atoms with E-state index in [4.69, 9.17) is 5.14 Å². The molecule has 1 fully saturated rings. The van der Waals surface area contributed by atoms with Crippen LogP contribution in [0.4, 0.5) is 10.1 Å². The number of halogens is 1. The van der Waals surface area contributed by atoms with Gasteiger partial charge in [0.05, 0.1) is 10.6 Å². The Hall–Kier alpha value is -1.14. The first-order chi connectivity index (χ1) is 9.36. The maximum atomic E-state index is 13.8. The first-order valence-corrected chi connectivity index (χ1v) is 8.47. The van der Waals surface area contributed by atoms with E-state index >= 15 is 0 Å². The molecular formula is C14H21FN2O2S. The molecule has 1 aromatic carbocycles. The molecular weight excluding hydrogens is 279 g/mol. The Kier molecular flexibility index (Phi) is 4.65. The molecule has 0 aromatic heterocycles. The van der Waals surface area contributed by atoms with Gasteiger partial charge in [0.2, 0.25) is 10.0 Å². The molecule has 4 nitrogen and oxygen atoms in total. The molecule has 0 atom stereocenters. The molecule has 0 aliphatic heterocycles. The third-order valence-corrected chi connectivity index (χ3v) is 4.90. The predicted octanol–water partition coefficient (Wildman–Crippen LogP) is 2.71. The van der Waals surface area contributed by atoms with Crippen LogP contribution in [0.1, 0.15) is 32.6 Å². The van der Waals surface area contributed by atoms with Gasteiger partial charge in [0.15, 0.2) is 0 Å². The summed E-state index contributed by atoms with van der Waals surface area (Å²) in [6.07, 6.45) is 4.76. The summed E-state index contributed by atoms with van der Waals surface area (Å²) in [7, 11) is -3.85. The average Bonchev–Trinajstić information content (AvgIpc) is 2.38. The Balaban J connectivity index is 1.97. The zero-order valence-corrected chi connectivity index (χ0v) is 12.4. The van der Waals surface area contributed by atoms with Crippen molar-refractivity contribution in [1.29, 1.82) is 0 Å². The average molecular weight is 300 g/mol. The number of anilines is 1. The van der Waals surface area contributed by atoms with Crippen LogP contribution in [-0.2, 0) is 10.0 Å². The van der Waals surface area contributed by atoms with Gasteiger partial charge < -0.3 is 5.32 Å². The van der Waals surface area contributed by atoms with Crippen LogP contribution >= 0.6 is 0 Å². The van der Waals surface area contributed by atoms with E-state index < -0.39 is 15.8 Å². The standard InChI is InChI=1S/C14H21FN2O2S/c1-10-2-4-11(5-3-10)9-17-14-7-6-12(8-13(14)15)20(16,18)19/h6-8,10-11,17H,2-5,9H2,1H3,(H2,16,18,19). The highest BCUT2D eigenvalue weighted by Gasteiger charge is 2.18. The lowest BCUT2D eigenvalue weighted by Gasteiger charge is -2.26. The second-order valence-corrected chi connectivity index (χ2v) is 7.25. The molecule has 1 aromatic rings. The minimum Gasteiger partial charge on any atom is -0.382 e. The molecule has 1 saturated carbocycles. The first kappa shape index (κ1) is 15.3. The molecule has 0 unspecified atom stereocenters. The summed E-state index contributed by atoms with van der Waals surface area (Å²) in [5, 5.41) is 8.03. The number of primary sulfonamides is 1. The van der Waals surface area contributed by atoms with E-state index in [9.17, 15) is 12.8 Å². The Morgan fingerprint density at radius 2 is 1.95 bits per heavy atom. The van der Waals surface area contributed by atoms with Crippen molar-refractivity contribution in [2.45, 2.75) is 37.5 Å². The second-order valence-electron chi connectivity index (χ2n) is 5.69. The number of hydrogen-bond acceptors (Lipinski definition) is 3. The van der Waals surface area contributed by atoms with E-state index in [0.29, 0.717) is 11.6 Å². The van der Waals surface area contributed by atoms with Gasteiger partial charge >= 0.3 is 0 Å². The number of nitrogens with two attached hydrogens (primary N) is 1. The van der Waals surface area contributed by atoms with E-state index in [1.54, 1.807) is 0 Å². The molecule has 0 amide bonds. The molecule has 0 bridgehead atoms. The van der Waals surface area contributed by atoms with Crippen molar-refractivity contribution in [2.75, 3.05) is 11.9 Å². The van der Waals surface area contributed by atoms with Gasteiger partial charge in [-0.3, -0.25) is 0 Å². The molecule has 3 N–H and O–H groups in total. The van der Waals surface area contributed by atoms with Crippen molar-refractivity contribution in [2.24, 2.45) is 17.0 Å². The maximum absolute atomic E-state index is 13.8. The molecule has 0 saturated heterocycles. The van der Waals surface area contributed by atoms with Gasteiger partial charge in [0.1, 0.15) is 5.82 Å². The van der Waals surface area contributed by atoms with E-state index in [-0.39, 0.29) is 4.90 Å². The zero-order valence-electron chi connectivity index (χ0n) is 11.6. The van der Waals surface area contributed by atoms with Gasteiger partial charge in [-0.05, 0) is 42.9 Å². The fraction of sp³-hybridized carbons (Fsp3) is 0.571. The lowest BCUT2D eigenvalue weighted by Crippen LogP contribution is -2.20.